The molecule has 21 heavy (non-hydrogen) atoms. The quantitative estimate of drug-likeness (QED) is 0.787. The zero-order chi connectivity index (χ0) is 15.4. The fourth-order valence-electron chi connectivity index (χ4n) is 2.07. The molecule has 1 unspecified atom stereocenters. The van der Waals surface area contributed by atoms with Crippen molar-refractivity contribution in [2.45, 2.75) is 26.8 Å². The normalized spacial score (nSPS) is 12.4. The van der Waals surface area contributed by atoms with E-state index in [9.17, 15) is 9.59 Å². The molecule has 1 atom stereocenters. The van der Waals surface area contributed by atoms with Crippen LogP contribution in [0.1, 0.15) is 31.1 Å². The first-order valence-corrected chi connectivity index (χ1v) is 7.13. The van der Waals surface area contributed by atoms with E-state index in [1.54, 1.807) is 19.2 Å². The number of aromatic nitrogens is 1. The number of nitrogens with one attached hydrogen (secondary N) is 3. The lowest BCUT2D eigenvalue weighted by molar-refractivity contribution is -0.122. The number of rotatable bonds is 5. The highest BCUT2D eigenvalue weighted by molar-refractivity contribution is 6.06. The van der Waals surface area contributed by atoms with Gasteiger partial charge in [0.1, 0.15) is 6.04 Å². The molecule has 0 saturated heterocycles. The highest BCUT2D eigenvalue weighted by atomic mass is 16.2. The largest absolute Gasteiger partial charge is 0.361 e. The fourth-order valence-corrected chi connectivity index (χ4v) is 2.07. The summed E-state index contributed by atoms with van der Waals surface area (Å²) in [5.41, 5.74) is 1.32. The molecule has 1 aromatic heterocycles. The van der Waals surface area contributed by atoms with Gasteiger partial charge in [0.2, 0.25) is 5.91 Å². The van der Waals surface area contributed by atoms with E-state index in [2.05, 4.69) is 15.6 Å². The molecule has 2 rings (SSSR count). The van der Waals surface area contributed by atoms with Gasteiger partial charge in [-0.05, 0) is 25.0 Å². The number of hydrogen-bond acceptors (Lipinski definition) is 2. The SMILES string of the molecule is CC(C)CNC(=O)C(C)NC(=O)c1cccc2cc[nH]c12. The number of para-hydroxylation sites is 1. The van der Waals surface area contributed by atoms with Crippen LogP contribution in [0.3, 0.4) is 0 Å². The second-order valence-corrected chi connectivity index (χ2v) is 5.58. The summed E-state index contributed by atoms with van der Waals surface area (Å²) in [7, 11) is 0. The van der Waals surface area contributed by atoms with Crippen molar-refractivity contribution >= 4 is 22.7 Å². The predicted molar refractivity (Wildman–Crippen MR) is 83.1 cm³/mol. The average Bonchev–Trinajstić information content (AvgIpc) is 2.92. The maximum Gasteiger partial charge on any atom is 0.254 e. The van der Waals surface area contributed by atoms with Crippen molar-refractivity contribution in [2.75, 3.05) is 6.54 Å². The Hall–Kier alpha value is -2.30. The van der Waals surface area contributed by atoms with E-state index in [1.807, 2.05) is 32.0 Å². The maximum absolute atomic E-state index is 12.3. The fraction of sp³-hybridized carbons (Fsp3) is 0.375. The Morgan fingerprint density at radius 3 is 2.67 bits per heavy atom. The molecule has 112 valence electrons. The lowest BCUT2D eigenvalue weighted by atomic mass is 10.1. The third-order valence-electron chi connectivity index (χ3n) is 3.26. The van der Waals surface area contributed by atoms with Gasteiger partial charge < -0.3 is 15.6 Å². The first kappa shape index (κ1) is 15.1. The maximum atomic E-state index is 12.3. The number of benzene rings is 1. The number of carbonyl (C=O) groups is 2. The Balaban J connectivity index is 2.04. The monoisotopic (exact) mass is 287 g/mol. The number of H-pyrrole nitrogens is 1. The molecule has 5 heteroatoms. The molecule has 0 spiro atoms. The van der Waals surface area contributed by atoms with Gasteiger partial charge in [0.05, 0.1) is 11.1 Å². The average molecular weight is 287 g/mol. The number of carbonyl (C=O) groups excluding carboxylic acids is 2. The van der Waals surface area contributed by atoms with Crippen LogP contribution in [0.2, 0.25) is 0 Å². The molecule has 0 aliphatic carbocycles. The van der Waals surface area contributed by atoms with Crippen LogP contribution in [0, 0.1) is 5.92 Å². The molecule has 0 fully saturated rings. The van der Waals surface area contributed by atoms with Crippen LogP contribution in [-0.4, -0.2) is 29.4 Å². The van der Waals surface area contributed by atoms with Gasteiger partial charge >= 0.3 is 0 Å². The van der Waals surface area contributed by atoms with E-state index >= 15 is 0 Å². The van der Waals surface area contributed by atoms with E-state index in [1.165, 1.54) is 0 Å². The van der Waals surface area contributed by atoms with Gasteiger partial charge in [-0.3, -0.25) is 9.59 Å². The van der Waals surface area contributed by atoms with Gasteiger partial charge in [-0.2, -0.15) is 0 Å². The first-order valence-electron chi connectivity index (χ1n) is 7.13. The van der Waals surface area contributed by atoms with Crippen LogP contribution < -0.4 is 10.6 Å². The van der Waals surface area contributed by atoms with Crippen LogP contribution in [0.4, 0.5) is 0 Å². The van der Waals surface area contributed by atoms with Crippen molar-refractivity contribution in [3.63, 3.8) is 0 Å². The van der Waals surface area contributed by atoms with Crippen molar-refractivity contribution in [3.05, 3.63) is 36.0 Å². The van der Waals surface area contributed by atoms with Gasteiger partial charge in [-0.1, -0.05) is 26.0 Å². The Morgan fingerprint density at radius 2 is 1.95 bits per heavy atom. The highest BCUT2D eigenvalue weighted by Gasteiger charge is 2.18. The van der Waals surface area contributed by atoms with E-state index in [4.69, 9.17) is 0 Å². The molecule has 3 N–H and O–H groups in total. The molecule has 0 bridgehead atoms. The summed E-state index contributed by atoms with van der Waals surface area (Å²) in [6, 6.07) is 6.84. The van der Waals surface area contributed by atoms with Crippen LogP contribution >= 0.6 is 0 Å². The Bertz CT molecular complexity index is 646. The van der Waals surface area contributed by atoms with Crippen molar-refractivity contribution in [1.82, 2.24) is 15.6 Å². The third-order valence-corrected chi connectivity index (χ3v) is 3.26. The molecular formula is C16H21N3O2. The van der Waals surface area contributed by atoms with Crippen molar-refractivity contribution in [2.24, 2.45) is 5.92 Å². The van der Waals surface area contributed by atoms with E-state index in [-0.39, 0.29) is 11.8 Å². The van der Waals surface area contributed by atoms with Crippen LogP contribution in [0.5, 0.6) is 0 Å². The predicted octanol–water partition coefficient (Wildman–Crippen LogP) is 2.06. The summed E-state index contributed by atoms with van der Waals surface area (Å²) >= 11 is 0. The summed E-state index contributed by atoms with van der Waals surface area (Å²) in [5, 5.41) is 6.51. The highest BCUT2D eigenvalue weighted by Crippen LogP contribution is 2.16. The molecule has 5 nitrogen and oxygen atoms in total. The van der Waals surface area contributed by atoms with Crippen molar-refractivity contribution < 1.29 is 9.59 Å². The molecule has 2 aromatic rings. The summed E-state index contributed by atoms with van der Waals surface area (Å²) in [4.78, 5) is 27.2. The zero-order valence-corrected chi connectivity index (χ0v) is 12.6. The number of fused-ring (bicyclic) bond motifs is 1. The molecule has 2 amide bonds. The number of hydrogen-bond donors (Lipinski definition) is 3. The molecule has 0 aliphatic heterocycles. The standard InChI is InChI=1S/C16H21N3O2/c1-10(2)9-18-15(20)11(3)19-16(21)13-6-4-5-12-7-8-17-14(12)13/h4-8,10-11,17H,9H2,1-3H3,(H,18,20)(H,19,21). The first-order chi connectivity index (χ1) is 9.99. The molecule has 1 heterocycles. The van der Waals surface area contributed by atoms with E-state index in [0.717, 1.165) is 10.9 Å². The summed E-state index contributed by atoms with van der Waals surface area (Å²) in [5.74, 6) is -0.0459. The van der Waals surface area contributed by atoms with Crippen LogP contribution in [0.25, 0.3) is 10.9 Å². The molecule has 0 radical (unpaired) electrons. The second kappa shape index (κ2) is 6.43. The summed E-state index contributed by atoms with van der Waals surface area (Å²) < 4.78 is 0. The van der Waals surface area contributed by atoms with Gasteiger partial charge in [-0.25, -0.2) is 0 Å². The zero-order valence-electron chi connectivity index (χ0n) is 12.6. The third kappa shape index (κ3) is 3.62. The van der Waals surface area contributed by atoms with E-state index in [0.29, 0.717) is 18.0 Å². The van der Waals surface area contributed by atoms with Crippen LogP contribution in [0.15, 0.2) is 30.5 Å². The minimum Gasteiger partial charge on any atom is -0.361 e. The van der Waals surface area contributed by atoms with Crippen molar-refractivity contribution in [3.8, 4) is 0 Å². The van der Waals surface area contributed by atoms with Crippen molar-refractivity contribution in [1.29, 1.82) is 0 Å². The molecule has 1 aromatic carbocycles. The lowest BCUT2D eigenvalue weighted by Gasteiger charge is -2.15. The molecule has 0 aliphatic rings. The Morgan fingerprint density at radius 1 is 1.19 bits per heavy atom. The number of aromatic amines is 1. The van der Waals surface area contributed by atoms with Gasteiger partial charge in [-0.15, -0.1) is 0 Å². The Labute approximate surface area is 124 Å². The van der Waals surface area contributed by atoms with Crippen LogP contribution in [-0.2, 0) is 4.79 Å². The smallest absolute Gasteiger partial charge is 0.254 e. The summed E-state index contributed by atoms with van der Waals surface area (Å²) in [6.45, 7) is 6.33. The number of amides is 2. The summed E-state index contributed by atoms with van der Waals surface area (Å²) in [6.07, 6.45) is 1.79. The van der Waals surface area contributed by atoms with Gasteiger partial charge in [0.15, 0.2) is 0 Å². The lowest BCUT2D eigenvalue weighted by Crippen LogP contribution is -2.45. The van der Waals surface area contributed by atoms with Gasteiger partial charge in [0, 0.05) is 18.1 Å². The minimum absolute atomic E-state index is 0.171. The molecular weight excluding hydrogens is 266 g/mol. The molecule has 0 saturated carbocycles. The van der Waals surface area contributed by atoms with Gasteiger partial charge in [0.25, 0.3) is 5.91 Å². The minimum atomic E-state index is -0.568. The Kier molecular flexibility index (Phi) is 4.62. The second-order valence-electron chi connectivity index (χ2n) is 5.58. The van der Waals surface area contributed by atoms with E-state index < -0.39 is 6.04 Å². The topological polar surface area (TPSA) is 74.0 Å².